The third-order valence-electron chi connectivity index (χ3n) is 3.57. The van der Waals surface area contributed by atoms with Gasteiger partial charge in [-0.1, -0.05) is 6.07 Å². The lowest BCUT2D eigenvalue weighted by Gasteiger charge is -2.37. The predicted molar refractivity (Wildman–Crippen MR) is 76.7 cm³/mol. The minimum Gasteiger partial charge on any atom is -0.375 e. The highest BCUT2D eigenvalue weighted by Gasteiger charge is 2.29. The van der Waals surface area contributed by atoms with Crippen LogP contribution in [0, 0.1) is 0 Å². The summed E-state index contributed by atoms with van der Waals surface area (Å²) >= 11 is 0. The molecule has 0 bridgehead atoms. The Morgan fingerprint density at radius 1 is 1.35 bits per heavy atom. The number of nitrogens with zero attached hydrogens (tertiary/aromatic N) is 1. The fourth-order valence-corrected chi connectivity index (χ4v) is 2.32. The maximum Gasteiger partial charge on any atom is 0.254 e. The number of hydrogen-bond donors (Lipinski definition) is 1. The highest BCUT2D eigenvalue weighted by Crippen LogP contribution is 2.18. The Balaban J connectivity index is 2.18. The number of carbonyl (C=O) groups is 2. The van der Waals surface area contributed by atoms with Crippen molar-refractivity contribution in [3.8, 4) is 0 Å². The van der Waals surface area contributed by atoms with Crippen LogP contribution in [0.25, 0.3) is 0 Å². The van der Waals surface area contributed by atoms with Crippen molar-refractivity contribution in [1.82, 2.24) is 4.90 Å². The number of nitrogens with one attached hydrogen (secondary N) is 1. The summed E-state index contributed by atoms with van der Waals surface area (Å²) < 4.78 is 5.53. The van der Waals surface area contributed by atoms with Gasteiger partial charge in [-0.05, 0) is 32.0 Å². The number of anilines is 1. The van der Waals surface area contributed by atoms with Gasteiger partial charge in [0.15, 0.2) is 0 Å². The number of amides is 2. The first-order valence-electron chi connectivity index (χ1n) is 6.79. The van der Waals surface area contributed by atoms with E-state index in [1.807, 2.05) is 18.7 Å². The average Bonchev–Trinajstić information content (AvgIpc) is 2.41. The molecule has 2 amide bonds. The Labute approximate surface area is 118 Å². The van der Waals surface area contributed by atoms with Crippen molar-refractivity contribution >= 4 is 17.5 Å². The Hall–Kier alpha value is -1.88. The molecule has 1 N–H and O–H groups in total. The van der Waals surface area contributed by atoms with E-state index in [1.165, 1.54) is 6.92 Å². The quantitative estimate of drug-likeness (QED) is 0.897. The molecule has 20 heavy (non-hydrogen) atoms. The molecule has 0 radical (unpaired) electrons. The van der Waals surface area contributed by atoms with E-state index in [1.54, 1.807) is 24.3 Å². The number of carbonyl (C=O) groups excluding carboxylic acids is 2. The average molecular weight is 276 g/mol. The summed E-state index contributed by atoms with van der Waals surface area (Å²) in [5.41, 5.74) is 1.22. The molecule has 1 aliphatic heterocycles. The summed E-state index contributed by atoms with van der Waals surface area (Å²) in [6, 6.07) is 7.05. The normalized spacial score (nSPS) is 22.4. The lowest BCUT2D eigenvalue weighted by atomic mass is 10.1. The van der Waals surface area contributed by atoms with E-state index in [2.05, 4.69) is 5.32 Å². The summed E-state index contributed by atoms with van der Waals surface area (Å²) in [4.78, 5) is 25.4. The van der Waals surface area contributed by atoms with Crippen molar-refractivity contribution in [2.24, 2.45) is 0 Å². The predicted octanol–water partition coefficient (Wildman–Crippen LogP) is 1.89. The second-order valence-electron chi connectivity index (χ2n) is 5.08. The van der Waals surface area contributed by atoms with Crippen molar-refractivity contribution < 1.29 is 14.3 Å². The second-order valence-corrected chi connectivity index (χ2v) is 5.08. The van der Waals surface area contributed by atoms with Crippen molar-refractivity contribution in [3.05, 3.63) is 29.8 Å². The summed E-state index contributed by atoms with van der Waals surface area (Å²) in [7, 11) is 0. The number of morpholine rings is 1. The summed E-state index contributed by atoms with van der Waals surface area (Å²) in [5, 5.41) is 2.69. The lowest BCUT2D eigenvalue weighted by molar-refractivity contribution is -0.114. The van der Waals surface area contributed by atoms with Gasteiger partial charge in [-0.2, -0.15) is 0 Å². The van der Waals surface area contributed by atoms with E-state index >= 15 is 0 Å². The van der Waals surface area contributed by atoms with Gasteiger partial charge in [-0.3, -0.25) is 9.59 Å². The van der Waals surface area contributed by atoms with Crippen molar-refractivity contribution in [2.75, 3.05) is 18.5 Å². The molecule has 108 valence electrons. The largest absolute Gasteiger partial charge is 0.375 e. The minimum atomic E-state index is -0.150. The highest BCUT2D eigenvalue weighted by molar-refractivity contribution is 5.97. The Morgan fingerprint density at radius 3 is 2.80 bits per heavy atom. The fourth-order valence-electron chi connectivity index (χ4n) is 2.32. The molecule has 1 fully saturated rings. The number of benzene rings is 1. The molecule has 0 aliphatic carbocycles. The van der Waals surface area contributed by atoms with E-state index in [0.29, 0.717) is 24.4 Å². The zero-order chi connectivity index (χ0) is 14.7. The smallest absolute Gasteiger partial charge is 0.254 e. The van der Waals surface area contributed by atoms with Crippen molar-refractivity contribution in [1.29, 1.82) is 0 Å². The molecule has 1 aliphatic rings. The van der Waals surface area contributed by atoms with Gasteiger partial charge < -0.3 is 15.0 Å². The van der Waals surface area contributed by atoms with Crippen LogP contribution in [0.3, 0.4) is 0 Å². The molecule has 5 heteroatoms. The minimum absolute atomic E-state index is 0.0279. The van der Waals surface area contributed by atoms with Crippen LogP contribution in [-0.4, -0.2) is 42.0 Å². The van der Waals surface area contributed by atoms with Crippen LogP contribution >= 0.6 is 0 Å². The first-order valence-corrected chi connectivity index (χ1v) is 6.79. The van der Waals surface area contributed by atoms with E-state index in [0.717, 1.165) is 0 Å². The van der Waals surface area contributed by atoms with E-state index in [9.17, 15) is 9.59 Å². The van der Waals surface area contributed by atoms with Crippen molar-refractivity contribution in [3.63, 3.8) is 0 Å². The van der Waals surface area contributed by atoms with Gasteiger partial charge in [-0.25, -0.2) is 0 Å². The Morgan fingerprint density at radius 2 is 2.10 bits per heavy atom. The first-order chi connectivity index (χ1) is 9.49. The number of hydrogen-bond acceptors (Lipinski definition) is 3. The topological polar surface area (TPSA) is 58.6 Å². The highest BCUT2D eigenvalue weighted by atomic mass is 16.5. The molecule has 0 aromatic heterocycles. The van der Waals surface area contributed by atoms with Gasteiger partial charge in [0.1, 0.15) is 0 Å². The molecule has 1 saturated heterocycles. The van der Waals surface area contributed by atoms with Gasteiger partial charge in [-0.15, -0.1) is 0 Å². The molecular weight excluding hydrogens is 256 g/mol. The lowest BCUT2D eigenvalue weighted by Crippen LogP contribution is -2.51. The number of ether oxygens (including phenoxy) is 1. The van der Waals surface area contributed by atoms with Crippen LogP contribution in [0.4, 0.5) is 5.69 Å². The summed E-state index contributed by atoms with van der Waals surface area (Å²) in [6.45, 7) is 6.55. The van der Waals surface area contributed by atoms with Gasteiger partial charge >= 0.3 is 0 Å². The van der Waals surface area contributed by atoms with Crippen LogP contribution in [0.15, 0.2) is 24.3 Å². The van der Waals surface area contributed by atoms with E-state index < -0.39 is 0 Å². The van der Waals surface area contributed by atoms with Gasteiger partial charge in [0.05, 0.1) is 18.8 Å². The van der Waals surface area contributed by atoms with Crippen LogP contribution in [0.5, 0.6) is 0 Å². The molecule has 0 spiro atoms. The summed E-state index contributed by atoms with van der Waals surface area (Å²) in [6.07, 6.45) is 0.0335. The van der Waals surface area contributed by atoms with E-state index in [4.69, 9.17) is 4.74 Å². The van der Waals surface area contributed by atoms with Crippen LogP contribution < -0.4 is 5.32 Å². The van der Waals surface area contributed by atoms with Crippen LogP contribution in [-0.2, 0) is 9.53 Å². The third-order valence-corrected chi connectivity index (χ3v) is 3.57. The molecular formula is C15H20N2O3. The van der Waals surface area contributed by atoms with Gasteiger partial charge in [0.25, 0.3) is 5.91 Å². The zero-order valence-corrected chi connectivity index (χ0v) is 12.1. The summed E-state index contributed by atoms with van der Waals surface area (Å²) in [5.74, 6) is -0.178. The standard InChI is InChI=1S/C15H20N2O3/c1-10-11(2)20-8-7-17(10)15(19)13-5-4-6-14(9-13)16-12(3)18/h4-6,9-11H,7-8H2,1-3H3,(H,16,18). The third kappa shape index (κ3) is 3.17. The second kappa shape index (κ2) is 6.05. The maximum absolute atomic E-state index is 12.6. The van der Waals surface area contributed by atoms with Crippen LogP contribution in [0.1, 0.15) is 31.1 Å². The molecule has 2 atom stereocenters. The van der Waals surface area contributed by atoms with Gasteiger partial charge in [0.2, 0.25) is 5.91 Å². The molecule has 0 saturated carbocycles. The first kappa shape index (κ1) is 14.5. The SMILES string of the molecule is CC(=O)Nc1cccc(C(=O)N2CCOC(C)C2C)c1. The molecule has 1 aromatic rings. The molecule has 1 aromatic carbocycles. The molecule has 1 heterocycles. The molecule has 2 rings (SSSR count). The monoisotopic (exact) mass is 276 g/mol. The Kier molecular flexibility index (Phi) is 4.39. The van der Waals surface area contributed by atoms with Crippen LogP contribution in [0.2, 0.25) is 0 Å². The Bertz CT molecular complexity index is 516. The fraction of sp³-hybridized carbons (Fsp3) is 0.467. The van der Waals surface area contributed by atoms with Gasteiger partial charge in [0, 0.05) is 24.7 Å². The van der Waals surface area contributed by atoms with E-state index in [-0.39, 0.29) is 24.0 Å². The number of rotatable bonds is 2. The zero-order valence-electron chi connectivity index (χ0n) is 12.1. The molecule has 5 nitrogen and oxygen atoms in total. The van der Waals surface area contributed by atoms with Crippen molar-refractivity contribution in [2.45, 2.75) is 32.9 Å². The maximum atomic E-state index is 12.6. The molecule has 2 unspecified atom stereocenters.